The lowest BCUT2D eigenvalue weighted by Gasteiger charge is -2.60. The molecule has 4 aliphatic carbocycles. The van der Waals surface area contributed by atoms with Crippen molar-refractivity contribution in [3.05, 3.63) is 35.9 Å². The van der Waals surface area contributed by atoms with E-state index in [4.69, 9.17) is 9.47 Å². The third-order valence-electron chi connectivity index (χ3n) is 7.36. The summed E-state index contributed by atoms with van der Waals surface area (Å²) in [6.07, 6.45) is 4.90. The summed E-state index contributed by atoms with van der Waals surface area (Å²) in [5.74, 6) is 0.448. The van der Waals surface area contributed by atoms with E-state index in [1.54, 1.807) is 20.8 Å². The molecule has 7 nitrogen and oxygen atoms in total. The van der Waals surface area contributed by atoms with E-state index in [2.05, 4.69) is 10.6 Å². The van der Waals surface area contributed by atoms with E-state index in [0.29, 0.717) is 24.7 Å². The highest BCUT2D eigenvalue weighted by Gasteiger charge is 2.61. The second-order valence-electron chi connectivity index (χ2n) is 11.4. The average Bonchev–Trinajstić information content (AvgIpc) is 2.70. The van der Waals surface area contributed by atoms with Crippen LogP contribution < -0.4 is 10.6 Å². The molecule has 5 rings (SSSR count). The van der Waals surface area contributed by atoms with Gasteiger partial charge in [0.25, 0.3) is 0 Å². The van der Waals surface area contributed by atoms with Crippen LogP contribution in [0.15, 0.2) is 30.3 Å². The van der Waals surface area contributed by atoms with Gasteiger partial charge in [-0.05, 0) is 76.7 Å². The molecule has 2 N–H and O–H groups in total. The van der Waals surface area contributed by atoms with Crippen molar-refractivity contribution in [1.82, 2.24) is 10.6 Å². The molecule has 2 amide bonds. The molecule has 180 valence electrons. The number of amides is 2. The van der Waals surface area contributed by atoms with Crippen LogP contribution in [-0.2, 0) is 25.5 Å². The number of alkyl carbamates (subject to hydrolysis) is 1. The maximum absolute atomic E-state index is 13.6. The average molecular weight is 457 g/mol. The standard InChI is InChI=1S/C26H36N2O5/c1-24(2,3)33-23(31)27-20(11-17-8-6-5-7-9-17)21(29)28-26-14-18-10-19(15-26)13-25(12-18,16-26)22(30)32-4/h5-9,18-20H,10-16H2,1-4H3,(H,27,31)(H,28,29)/t18?,19?,20-,25?,26?/m0/s1. The Balaban J connectivity index is 1.53. The van der Waals surface area contributed by atoms with E-state index < -0.39 is 28.7 Å². The van der Waals surface area contributed by atoms with Crippen molar-refractivity contribution in [1.29, 1.82) is 0 Å². The Morgan fingerprint density at radius 1 is 1.06 bits per heavy atom. The molecule has 0 spiro atoms. The lowest BCUT2D eigenvalue weighted by molar-refractivity contribution is -0.173. The van der Waals surface area contributed by atoms with Crippen LogP contribution in [0, 0.1) is 17.3 Å². The third kappa shape index (κ3) is 5.17. The molecule has 33 heavy (non-hydrogen) atoms. The largest absolute Gasteiger partial charge is 0.469 e. The van der Waals surface area contributed by atoms with E-state index in [1.807, 2.05) is 30.3 Å². The van der Waals surface area contributed by atoms with E-state index in [1.165, 1.54) is 7.11 Å². The van der Waals surface area contributed by atoms with Crippen LogP contribution in [0.3, 0.4) is 0 Å². The summed E-state index contributed by atoms with van der Waals surface area (Å²) >= 11 is 0. The molecule has 0 aromatic heterocycles. The topological polar surface area (TPSA) is 93.7 Å². The number of carbonyl (C=O) groups is 3. The number of hydrogen-bond donors (Lipinski definition) is 2. The quantitative estimate of drug-likeness (QED) is 0.636. The number of esters is 1. The highest BCUT2D eigenvalue weighted by atomic mass is 16.6. The van der Waals surface area contributed by atoms with Gasteiger partial charge in [-0.3, -0.25) is 9.59 Å². The molecule has 4 aliphatic rings. The summed E-state index contributed by atoms with van der Waals surface area (Å²) in [4.78, 5) is 38.9. The number of methoxy groups -OCH3 is 1. The minimum Gasteiger partial charge on any atom is -0.469 e. The minimum atomic E-state index is -0.774. The van der Waals surface area contributed by atoms with Gasteiger partial charge in [-0.25, -0.2) is 4.79 Å². The fourth-order valence-electron chi connectivity index (χ4n) is 6.72. The first-order chi connectivity index (χ1) is 15.5. The predicted octanol–water partition coefficient (Wildman–Crippen LogP) is 3.75. The Kier molecular flexibility index (Phi) is 6.18. The van der Waals surface area contributed by atoms with E-state index in [-0.39, 0.29) is 11.9 Å². The van der Waals surface area contributed by atoms with Crippen LogP contribution in [0.25, 0.3) is 0 Å². The smallest absolute Gasteiger partial charge is 0.408 e. The first-order valence-corrected chi connectivity index (χ1v) is 12.0. The molecule has 4 saturated carbocycles. The zero-order valence-electron chi connectivity index (χ0n) is 20.1. The van der Waals surface area contributed by atoms with Gasteiger partial charge in [0, 0.05) is 12.0 Å². The first-order valence-electron chi connectivity index (χ1n) is 12.0. The van der Waals surface area contributed by atoms with Crippen LogP contribution in [0.4, 0.5) is 4.79 Å². The lowest BCUT2D eigenvalue weighted by atomic mass is 9.47. The molecule has 0 saturated heterocycles. The van der Waals surface area contributed by atoms with Gasteiger partial charge in [0.05, 0.1) is 12.5 Å². The predicted molar refractivity (Wildman–Crippen MR) is 123 cm³/mol. The zero-order valence-corrected chi connectivity index (χ0v) is 20.1. The molecule has 1 aromatic rings. The first kappa shape index (κ1) is 23.6. The Morgan fingerprint density at radius 2 is 1.70 bits per heavy atom. The fourth-order valence-corrected chi connectivity index (χ4v) is 6.72. The van der Waals surface area contributed by atoms with Gasteiger partial charge in [-0.1, -0.05) is 30.3 Å². The molecular weight excluding hydrogens is 420 g/mol. The summed E-state index contributed by atoms with van der Waals surface area (Å²) in [5.41, 5.74) is -0.644. The molecule has 1 aromatic carbocycles. The highest BCUT2D eigenvalue weighted by molar-refractivity contribution is 5.87. The minimum absolute atomic E-state index is 0.150. The van der Waals surface area contributed by atoms with Crippen molar-refractivity contribution < 1.29 is 23.9 Å². The van der Waals surface area contributed by atoms with Crippen LogP contribution >= 0.6 is 0 Å². The molecule has 0 heterocycles. The third-order valence-corrected chi connectivity index (χ3v) is 7.36. The lowest BCUT2D eigenvalue weighted by Crippen LogP contribution is -2.66. The normalized spacial score (nSPS) is 30.9. The summed E-state index contributed by atoms with van der Waals surface area (Å²) < 4.78 is 10.6. The molecule has 7 heteroatoms. The zero-order chi connectivity index (χ0) is 23.9. The maximum atomic E-state index is 13.6. The van der Waals surface area contributed by atoms with E-state index in [9.17, 15) is 14.4 Å². The molecule has 0 radical (unpaired) electrons. The maximum Gasteiger partial charge on any atom is 0.408 e. The van der Waals surface area contributed by atoms with Crippen molar-refractivity contribution in [3.8, 4) is 0 Å². The molecule has 4 fully saturated rings. The van der Waals surface area contributed by atoms with E-state index in [0.717, 1.165) is 37.7 Å². The second-order valence-corrected chi connectivity index (χ2v) is 11.4. The van der Waals surface area contributed by atoms with Gasteiger partial charge in [0.1, 0.15) is 11.6 Å². The van der Waals surface area contributed by atoms with Crippen LogP contribution in [0.2, 0.25) is 0 Å². The van der Waals surface area contributed by atoms with Crippen LogP contribution in [-0.4, -0.2) is 42.3 Å². The highest BCUT2D eigenvalue weighted by Crippen LogP contribution is 2.62. The van der Waals surface area contributed by atoms with Gasteiger partial charge < -0.3 is 20.1 Å². The summed E-state index contributed by atoms with van der Waals surface area (Å²) in [5, 5.41) is 6.08. The Labute approximate surface area is 196 Å². The Bertz CT molecular complexity index is 893. The number of ether oxygens (including phenoxy) is 2. The summed E-state index contributed by atoms with van der Waals surface area (Å²) in [6, 6.07) is 8.85. The van der Waals surface area contributed by atoms with Gasteiger partial charge in [-0.2, -0.15) is 0 Å². The van der Waals surface area contributed by atoms with Gasteiger partial charge in [0.2, 0.25) is 5.91 Å². The molecule has 0 aliphatic heterocycles. The number of nitrogens with one attached hydrogen (secondary N) is 2. The van der Waals surface area contributed by atoms with Crippen molar-refractivity contribution in [2.45, 2.75) is 82.9 Å². The Morgan fingerprint density at radius 3 is 2.27 bits per heavy atom. The monoisotopic (exact) mass is 456 g/mol. The number of hydrogen-bond acceptors (Lipinski definition) is 5. The van der Waals surface area contributed by atoms with Crippen LogP contribution in [0.1, 0.15) is 64.9 Å². The Hall–Kier alpha value is -2.57. The SMILES string of the molecule is COC(=O)C12CC3CC(CC(NC(=O)[C@H](Cc4ccccc4)NC(=O)OC(C)(C)C)(C3)C1)C2. The summed E-state index contributed by atoms with van der Waals surface area (Å²) in [7, 11) is 1.45. The number of benzene rings is 1. The summed E-state index contributed by atoms with van der Waals surface area (Å²) in [6.45, 7) is 5.38. The molecule has 3 atom stereocenters. The second kappa shape index (κ2) is 8.65. The molecule has 2 unspecified atom stereocenters. The van der Waals surface area contributed by atoms with E-state index >= 15 is 0 Å². The van der Waals surface area contributed by atoms with Gasteiger partial charge in [0.15, 0.2) is 0 Å². The fraction of sp³-hybridized carbons (Fsp3) is 0.654. The van der Waals surface area contributed by atoms with Crippen molar-refractivity contribution >= 4 is 18.0 Å². The van der Waals surface area contributed by atoms with Crippen molar-refractivity contribution in [2.75, 3.05) is 7.11 Å². The van der Waals surface area contributed by atoms with Crippen molar-refractivity contribution in [3.63, 3.8) is 0 Å². The molecule has 4 bridgehead atoms. The number of carbonyl (C=O) groups excluding carboxylic acids is 3. The van der Waals surface area contributed by atoms with Crippen molar-refractivity contribution in [2.24, 2.45) is 17.3 Å². The van der Waals surface area contributed by atoms with Gasteiger partial charge in [-0.15, -0.1) is 0 Å². The van der Waals surface area contributed by atoms with Crippen LogP contribution in [0.5, 0.6) is 0 Å². The molecular formula is C26H36N2O5. The van der Waals surface area contributed by atoms with Gasteiger partial charge >= 0.3 is 12.1 Å². The number of rotatable bonds is 6.